The molecule has 0 amide bonds. The Bertz CT molecular complexity index is 5660. The molecule has 18 heteroatoms. The molecule has 7 N–H and O–H groups in total. The Labute approximate surface area is 586 Å². The smallest absolute Gasteiger partial charge is 0.191 e. The lowest BCUT2D eigenvalue weighted by Gasteiger charge is -2.05. The van der Waals surface area contributed by atoms with Crippen LogP contribution in [0.3, 0.4) is 0 Å². The number of aromatic amines is 7. The van der Waals surface area contributed by atoms with Crippen LogP contribution in [0.15, 0.2) is 203 Å². The van der Waals surface area contributed by atoms with Gasteiger partial charge in [-0.25, -0.2) is 4.39 Å². The molecule has 0 saturated heterocycles. The molecule has 7 heterocycles. The molecule has 15 nitrogen and oxygen atoms in total. The molecule has 0 atom stereocenters. The van der Waals surface area contributed by atoms with E-state index in [-0.39, 0.29) is 49.6 Å². The van der Waals surface area contributed by atoms with Gasteiger partial charge >= 0.3 is 0 Å². The van der Waals surface area contributed by atoms with Crippen molar-refractivity contribution >= 4 is 105 Å². The molecule has 0 aliphatic carbocycles. The minimum atomic E-state index is -0.382. The zero-order valence-corrected chi connectivity index (χ0v) is 59.5. The fourth-order valence-electron chi connectivity index (χ4n) is 11.2. The predicted molar refractivity (Wildman–Crippen MR) is 412 cm³/mol. The normalized spacial score (nSPS) is 10.7. The fraction of sp³-hybridized carbons (Fsp3) is 0.220. The highest BCUT2D eigenvalue weighted by Crippen LogP contribution is 2.21. The van der Waals surface area contributed by atoms with Crippen LogP contribution in [0.2, 0.25) is 10.0 Å². The first-order chi connectivity index (χ1) is 47.9. The topological polar surface area (TPSA) is 247 Å². The Morgan fingerprint density at radius 1 is 0.330 bits per heavy atom. The summed E-state index contributed by atoms with van der Waals surface area (Å²) in [6.45, 7) is 21.6. The molecular formula is C82H82Cl2FN7O8. The number of halogens is 3. The second-order valence-corrected chi connectivity index (χ2v) is 24.9. The Kier molecular flexibility index (Phi) is 25.9. The lowest BCUT2D eigenvalue weighted by molar-refractivity contribution is 0.101. The molecule has 7 aromatic carbocycles. The maximum atomic E-state index is 12.8. The van der Waals surface area contributed by atoms with Gasteiger partial charge in [0.15, 0.2) is 43.8 Å². The highest BCUT2D eigenvalue weighted by Gasteiger charge is 2.10. The van der Waals surface area contributed by atoms with Gasteiger partial charge in [-0.2, -0.15) is 0 Å². The van der Waals surface area contributed by atoms with E-state index in [2.05, 4.69) is 34.9 Å². The maximum Gasteiger partial charge on any atom is 0.191 e. The van der Waals surface area contributed by atoms with E-state index in [9.17, 15) is 42.7 Å². The molecule has 0 spiro atoms. The summed E-state index contributed by atoms with van der Waals surface area (Å²) in [5.41, 5.74) is 16.7. The summed E-state index contributed by atoms with van der Waals surface area (Å²) in [7, 11) is 0. The number of H-pyrrole nitrogens is 7. The molecule has 7 aromatic heterocycles. The summed E-state index contributed by atoms with van der Waals surface area (Å²) in [5.74, 6) is -0.409. The largest absolute Gasteiger partial charge is 0.358 e. The van der Waals surface area contributed by atoms with Crippen molar-refractivity contribution in [2.24, 2.45) is 0 Å². The van der Waals surface area contributed by atoms with E-state index in [0.29, 0.717) is 42.7 Å². The van der Waals surface area contributed by atoms with E-state index in [1.54, 1.807) is 84.9 Å². The van der Waals surface area contributed by atoms with E-state index < -0.39 is 0 Å². The summed E-state index contributed by atoms with van der Waals surface area (Å²) < 4.78 is 12.8. The summed E-state index contributed by atoms with van der Waals surface area (Å²) in [4.78, 5) is 115. The summed E-state index contributed by atoms with van der Waals surface area (Å²) >= 11 is 11.8. The number of aromatic nitrogens is 7. The molecule has 100 heavy (non-hydrogen) atoms. The summed E-state index contributed by atoms with van der Waals surface area (Å²) in [5, 5.41) is 5.75. The monoisotopic (exact) mass is 1380 g/mol. The number of hydrogen-bond acceptors (Lipinski definition) is 8. The van der Waals surface area contributed by atoms with Crippen molar-refractivity contribution in [3.05, 3.63) is 319 Å². The number of carbonyl (C=O) groups excluding carboxylic acids is 1. The second-order valence-electron chi connectivity index (χ2n) is 24.0. The minimum absolute atomic E-state index is 0.0128. The molecule has 0 radical (unpaired) electrons. The molecule has 514 valence electrons. The van der Waals surface area contributed by atoms with E-state index in [0.717, 1.165) is 145 Å². The highest BCUT2D eigenvalue weighted by molar-refractivity contribution is 6.35. The van der Waals surface area contributed by atoms with Crippen molar-refractivity contribution in [3.63, 3.8) is 0 Å². The van der Waals surface area contributed by atoms with Crippen molar-refractivity contribution in [1.29, 1.82) is 0 Å². The second kappa shape index (κ2) is 34.6. The number of carbonyl (C=O) groups is 1. The minimum Gasteiger partial charge on any atom is -0.358 e. The van der Waals surface area contributed by atoms with Gasteiger partial charge in [-0.15, -0.1) is 0 Å². The van der Waals surface area contributed by atoms with Crippen LogP contribution in [0.4, 0.5) is 4.39 Å². The standard InChI is InChI=1S/C13H13NO2.C13H15NO.C12H13NO.2C11H10ClNO.C11H10FNO.C11H11NO/c1-3-10-7-13(16)11-6-9(8(2)15)4-5-12(11)14-10;1-4-10-7-12(15)13-9(3)5-8(2)6-11(13)14-10;1-3-9-7-12(14)10-6-8(2)4-5-11(10)13-9;1-2-8-6-11(14)9-4-3-7(12)5-10(9)13-8;1-2-7-6-10(14)11-8(12)4-3-5-9(11)13-7;1-2-8-6-11(14)9-5-7(12)3-4-10(9)13-8;1-2-8-7-11(13)9-5-3-4-6-10(9)12-8/h4-7H,3H2,1-2H3,(H,14,16);5-7H,4H2,1-3H3,(H,14,15);4-7H,3H2,1-2H3,(H,13,14);3*3-6H,2H2,1H3,(H,13,14);3-7H,2H2,1H3,(H,12,13). The van der Waals surface area contributed by atoms with Crippen molar-refractivity contribution in [2.75, 3.05) is 0 Å². The fourth-order valence-corrected chi connectivity index (χ4v) is 11.7. The number of ketones is 1. The number of hydrogen-bond donors (Lipinski definition) is 7. The van der Waals surface area contributed by atoms with Crippen molar-refractivity contribution < 1.29 is 9.18 Å². The molecule has 14 rings (SSSR count). The quantitative estimate of drug-likeness (QED) is 0.0719. The zero-order valence-electron chi connectivity index (χ0n) is 58.0. The number of Topliss-reactive ketones (excluding diaryl/α,β-unsaturated/α-hetero) is 1. The van der Waals surface area contributed by atoms with Crippen molar-refractivity contribution in [2.45, 2.75) is 121 Å². The van der Waals surface area contributed by atoms with Gasteiger partial charge in [0.2, 0.25) is 0 Å². The summed E-state index contributed by atoms with van der Waals surface area (Å²) in [6.07, 6.45) is 5.77. The van der Waals surface area contributed by atoms with Gasteiger partial charge in [-0.05, 0) is 181 Å². The number of fused-ring (bicyclic) bond motifs is 7. The number of rotatable bonds is 8. The molecule has 0 unspecified atom stereocenters. The van der Waals surface area contributed by atoms with Gasteiger partial charge in [-0.3, -0.25) is 38.4 Å². The third-order valence-electron chi connectivity index (χ3n) is 16.7. The molecule has 0 bridgehead atoms. The van der Waals surface area contributed by atoms with Crippen LogP contribution >= 0.6 is 23.2 Å². The Morgan fingerprint density at radius 2 is 0.720 bits per heavy atom. The zero-order chi connectivity index (χ0) is 72.5. The predicted octanol–water partition coefficient (Wildman–Crippen LogP) is 17.2. The van der Waals surface area contributed by atoms with Gasteiger partial charge < -0.3 is 34.9 Å². The van der Waals surface area contributed by atoms with Crippen LogP contribution in [0.25, 0.3) is 76.3 Å². The SMILES string of the molecule is CCc1cc(=O)c2c(C)cc(C)cc2[nH]1.CCc1cc(=O)c2c(Cl)cccc2[nH]1.CCc1cc(=O)c2cc(C(C)=O)ccc2[nH]1.CCc1cc(=O)c2cc(C)ccc2[nH]1.CCc1cc(=O)c2cc(F)ccc2[nH]1.CCc1cc(=O)c2ccc(Cl)cc2[nH]1.CCc1cc(=O)c2ccccc2[nH]1. The molecule has 14 aromatic rings. The van der Waals surface area contributed by atoms with E-state index >= 15 is 0 Å². The van der Waals surface area contributed by atoms with E-state index in [1.807, 2.05) is 136 Å². The molecule has 0 saturated carbocycles. The Hall–Kier alpha value is -10.8. The van der Waals surface area contributed by atoms with Crippen molar-refractivity contribution in [3.8, 4) is 0 Å². The first-order valence-corrected chi connectivity index (χ1v) is 34.1. The van der Waals surface area contributed by atoms with Gasteiger partial charge in [0.25, 0.3) is 0 Å². The lowest BCUT2D eigenvalue weighted by Crippen LogP contribution is -2.06. The molecular weight excluding hydrogens is 1300 g/mol. The van der Waals surface area contributed by atoms with Crippen molar-refractivity contribution in [1.82, 2.24) is 34.9 Å². The molecule has 0 aliphatic heterocycles. The van der Waals surface area contributed by atoms with Gasteiger partial charge in [0.1, 0.15) is 5.82 Å². The van der Waals surface area contributed by atoms with Gasteiger partial charge in [-0.1, -0.05) is 108 Å². The average molecular weight is 1380 g/mol. The van der Waals surface area contributed by atoms with Crippen LogP contribution in [0.1, 0.15) is 122 Å². The Balaban J connectivity index is 0.000000149. The van der Waals surface area contributed by atoms with E-state index in [1.165, 1.54) is 30.7 Å². The first kappa shape index (κ1) is 75.0. The van der Waals surface area contributed by atoms with Crippen LogP contribution in [0.5, 0.6) is 0 Å². The Morgan fingerprint density at radius 3 is 1.23 bits per heavy atom. The summed E-state index contributed by atoms with van der Waals surface area (Å²) in [6, 6.07) is 49.0. The van der Waals surface area contributed by atoms with Gasteiger partial charge in [0.05, 0.1) is 21.4 Å². The number of aryl methyl sites for hydroxylation is 10. The van der Waals surface area contributed by atoms with E-state index in [4.69, 9.17) is 23.2 Å². The van der Waals surface area contributed by atoms with Crippen LogP contribution in [0, 0.1) is 26.6 Å². The number of benzene rings is 7. The number of nitrogens with one attached hydrogen (secondary N) is 7. The lowest BCUT2D eigenvalue weighted by atomic mass is 10.1. The average Bonchev–Trinajstić information content (AvgIpc) is 0.804. The maximum absolute atomic E-state index is 12.8. The third kappa shape index (κ3) is 19.1. The number of para-hydroxylation sites is 1. The molecule has 0 aliphatic rings. The first-order valence-electron chi connectivity index (χ1n) is 33.3. The van der Waals surface area contributed by atoms with Crippen LogP contribution in [-0.2, 0) is 44.9 Å². The van der Waals surface area contributed by atoms with Gasteiger partial charge in [0, 0.05) is 153 Å². The third-order valence-corrected chi connectivity index (χ3v) is 17.2. The van der Waals surface area contributed by atoms with Crippen LogP contribution < -0.4 is 38.0 Å². The molecule has 0 fully saturated rings. The number of pyridine rings is 7. The van der Waals surface area contributed by atoms with Crippen LogP contribution in [-0.4, -0.2) is 40.7 Å². The highest BCUT2D eigenvalue weighted by atomic mass is 35.5.